The van der Waals surface area contributed by atoms with Gasteiger partial charge in [0.15, 0.2) is 0 Å². The molecule has 0 amide bonds. The Morgan fingerprint density at radius 3 is 2.92 bits per heavy atom. The number of nitrogens with zero attached hydrogens (tertiary/aromatic N) is 1. The fourth-order valence-electron chi connectivity index (χ4n) is 0.865. The van der Waals surface area contributed by atoms with Gasteiger partial charge in [0.05, 0.1) is 9.36 Å². The van der Waals surface area contributed by atoms with Crippen LogP contribution in [0, 0.1) is 11.3 Å². The van der Waals surface area contributed by atoms with Crippen molar-refractivity contribution in [1.82, 2.24) is 0 Å². The molecule has 0 aliphatic carbocycles. The second-order valence-corrected chi connectivity index (χ2v) is 4.70. The van der Waals surface area contributed by atoms with Gasteiger partial charge in [0.2, 0.25) is 0 Å². The Morgan fingerprint density at radius 1 is 1.75 bits per heavy atom. The van der Waals surface area contributed by atoms with E-state index in [1.165, 1.54) is 0 Å². The molecule has 0 fully saturated rings. The first kappa shape index (κ1) is 9.50. The minimum absolute atomic E-state index is 0.771. The Morgan fingerprint density at radius 2 is 2.50 bits per heavy atom. The zero-order chi connectivity index (χ0) is 8.97. The third-order valence-corrected chi connectivity index (χ3v) is 3.02. The first-order valence-corrected chi connectivity index (χ1v) is 5.25. The van der Waals surface area contributed by atoms with Crippen LogP contribution in [0.3, 0.4) is 0 Å². The number of thiophene rings is 1. The molecule has 12 heavy (non-hydrogen) atoms. The smallest absolute Gasteiger partial charge is 0.100 e. The molecule has 0 saturated carbocycles. The SMILES string of the molecule is CC/C=C(\C#N)c1ccc(Br)s1. The summed E-state index contributed by atoms with van der Waals surface area (Å²) in [6.45, 7) is 2.03. The molecule has 0 bridgehead atoms. The minimum Gasteiger partial charge on any atom is -0.192 e. The van der Waals surface area contributed by atoms with Gasteiger partial charge in [-0.2, -0.15) is 5.26 Å². The number of halogens is 1. The fraction of sp³-hybridized carbons (Fsp3) is 0.222. The summed E-state index contributed by atoms with van der Waals surface area (Å²) in [6, 6.07) is 6.10. The highest BCUT2D eigenvalue weighted by Crippen LogP contribution is 2.27. The summed E-state index contributed by atoms with van der Waals surface area (Å²) in [4.78, 5) is 1.03. The standard InChI is InChI=1S/C9H8BrNS/c1-2-3-7(6-11)8-4-5-9(10)12-8/h3-5H,2H2,1H3/b7-3+. The molecule has 0 aliphatic rings. The molecule has 1 aromatic rings. The molecule has 0 radical (unpaired) electrons. The van der Waals surface area contributed by atoms with Gasteiger partial charge in [-0.1, -0.05) is 13.0 Å². The molecule has 3 heteroatoms. The third-order valence-electron chi connectivity index (χ3n) is 1.37. The highest BCUT2D eigenvalue weighted by Gasteiger charge is 2.02. The first-order chi connectivity index (χ1) is 5.77. The second kappa shape index (κ2) is 4.44. The van der Waals surface area contributed by atoms with Crippen molar-refractivity contribution in [2.45, 2.75) is 13.3 Å². The lowest BCUT2D eigenvalue weighted by atomic mass is 10.2. The van der Waals surface area contributed by atoms with E-state index in [-0.39, 0.29) is 0 Å². The monoisotopic (exact) mass is 241 g/mol. The van der Waals surface area contributed by atoms with E-state index in [1.54, 1.807) is 11.3 Å². The largest absolute Gasteiger partial charge is 0.192 e. The van der Waals surface area contributed by atoms with Crippen LogP contribution in [0.25, 0.3) is 5.57 Å². The molecule has 62 valence electrons. The summed E-state index contributed by atoms with van der Waals surface area (Å²) < 4.78 is 1.06. The van der Waals surface area contributed by atoms with E-state index < -0.39 is 0 Å². The Labute approximate surface area is 84.5 Å². The van der Waals surface area contributed by atoms with E-state index in [1.807, 2.05) is 25.1 Å². The van der Waals surface area contributed by atoms with Crippen molar-refractivity contribution in [3.05, 3.63) is 26.9 Å². The lowest BCUT2D eigenvalue weighted by Gasteiger charge is -1.90. The van der Waals surface area contributed by atoms with Gasteiger partial charge in [-0.05, 0) is 34.5 Å². The lowest BCUT2D eigenvalue weighted by molar-refractivity contribution is 1.23. The van der Waals surface area contributed by atoms with E-state index >= 15 is 0 Å². The number of allylic oxidation sites excluding steroid dienone is 2. The minimum atomic E-state index is 0.771. The van der Waals surface area contributed by atoms with E-state index in [2.05, 4.69) is 22.0 Å². The van der Waals surface area contributed by atoms with Crippen LogP contribution in [-0.4, -0.2) is 0 Å². The van der Waals surface area contributed by atoms with Gasteiger partial charge in [0, 0.05) is 4.88 Å². The van der Waals surface area contributed by atoms with Crippen LogP contribution in [-0.2, 0) is 0 Å². The highest BCUT2D eigenvalue weighted by molar-refractivity contribution is 9.11. The maximum atomic E-state index is 8.79. The van der Waals surface area contributed by atoms with Gasteiger partial charge in [-0.3, -0.25) is 0 Å². The average Bonchev–Trinajstić information content (AvgIpc) is 2.47. The summed E-state index contributed by atoms with van der Waals surface area (Å²) in [6.07, 6.45) is 2.84. The van der Waals surface area contributed by atoms with E-state index in [4.69, 9.17) is 5.26 Å². The van der Waals surface area contributed by atoms with Gasteiger partial charge in [-0.25, -0.2) is 0 Å². The molecular weight excluding hydrogens is 234 g/mol. The van der Waals surface area contributed by atoms with Gasteiger partial charge >= 0.3 is 0 Å². The average molecular weight is 242 g/mol. The van der Waals surface area contributed by atoms with Crippen molar-refractivity contribution in [2.75, 3.05) is 0 Å². The maximum Gasteiger partial charge on any atom is 0.100 e. The molecule has 1 aromatic heterocycles. The molecule has 1 rings (SSSR count). The van der Waals surface area contributed by atoms with Crippen molar-refractivity contribution in [3.63, 3.8) is 0 Å². The van der Waals surface area contributed by atoms with Crippen LogP contribution in [0.4, 0.5) is 0 Å². The normalized spacial score (nSPS) is 11.2. The van der Waals surface area contributed by atoms with E-state index in [0.29, 0.717) is 0 Å². The number of rotatable bonds is 2. The third kappa shape index (κ3) is 2.20. The Balaban J connectivity index is 2.97. The van der Waals surface area contributed by atoms with Crippen molar-refractivity contribution >= 4 is 32.8 Å². The summed E-state index contributed by atoms with van der Waals surface area (Å²) in [5.74, 6) is 0. The summed E-state index contributed by atoms with van der Waals surface area (Å²) in [7, 11) is 0. The van der Waals surface area contributed by atoms with Crippen LogP contribution in [0.1, 0.15) is 18.2 Å². The number of hydrogen-bond donors (Lipinski definition) is 0. The maximum absolute atomic E-state index is 8.79. The van der Waals surface area contributed by atoms with E-state index in [0.717, 1.165) is 20.7 Å². The second-order valence-electron chi connectivity index (χ2n) is 2.24. The Bertz CT molecular complexity index is 333. The zero-order valence-electron chi connectivity index (χ0n) is 6.67. The molecule has 0 spiro atoms. The predicted octanol–water partition coefficient (Wildman–Crippen LogP) is 3.83. The van der Waals surface area contributed by atoms with Crippen molar-refractivity contribution in [3.8, 4) is 6.07 Å². The predicted molar refractivity (Wildman–Crippen MR) is 55.9 cm³/mol. The van der Waals surface area contributed by atoms with Crippen molar-refractivity contribution in [1.29, 1.82) is 5.26 Å². The molecule has 0 atom stereocenters. The summed E-state index contributed by atoms with van der Waals surface area (Å²) >= 11 is 4.95. The Kier molecular flexibility index (Phi) is 3.51. The molecule has 0 N–H and O–H groups in total. The van der Waals surface area contributed by atoms with Crippen molar-refractivity contribution < 1.29 is 0 Å². The molecule has 0 aromatic carbocycles. The quantitative estimate of drug-likeness (QED) is 0.723. The summed E-state index contributed by atoms with van der Waals surface area (Å²) in [5, 5.41) is 8.79. The number of nitriles is 1. The van der Waals surface area contributed by atoms with Crippen LogP contribution in [0.5, 0.6) is 0 Å². The summed E-state index contributed by atoms with van der Waals surface area (Å²) in [5.41, 5.74) is 0.771. The van der Waals surface area contributed by atoms with Gasteiger partial charge in [0.25, 0.3) is 0 Å². The van der Waals surface area contributed by atoms with Gasteiger partial charge in [-0.15, -0.1) is 11.3 Å². The van der Waals surface area contributed by atoms with Crippen LogP contribution < -0.4 is 0 Å². The van der Waals surface area contributed by atoms with E-state index in [9.17, 15) is 0 Å². The molecule has 1 nitrogen and oxygen atoms in total. The van der Waals surface area contributed by atoms with Crippen LogP contribution in [0.2, 0.25) is 0 Å². The topological polar surface area (TPSA) is 23.8 Å². The highest BCUT2D eigenvalue weighted by atomic mass is 79.9. The van der Waals surface area contributed by atoms with Gasteiger partial charge < -0.3 is 0 Å². The first-order valence-electron chi connectivity index (χ1n) is 3.64. The van der Waals surface area contributed by atoms with Crippen LogP contribution in [0.15, 0.2) is 22.0 Å². The van der Waals surface area contributed by atoms with Crippen molar-refractivity contribution in [2.24, 2.45) is 0 Å². The lowest BCUT2D eigenvalue weighted by Crippen LogP contribution is -1.72. The Hall–Kier alpha value is -0.590. The fourth-order valence-corrected chi connectivity index (χ4v) is 2.24. The molecular formula is C9H8BrNS. The number of hydrogen-bond acceptors (Lipinski definition) is 2. The van der Waals surface area contributed by atoms with Crippen LogP contribution >= 0.6 is 27.3 Å². The van der Waals surface area contributed by atoms with Gasteiger partial charge in [0.1, 0.15) is 6.07 Å². The zero-order valence-corrected chi connectivity index (χ0v) is 9.08. The molecule has 0 aliphatic heterocycles. The molecule has 0 unspecified atom stereocenters. The molecule has 1 heterocycles. The molecule has 0 saturated heterocycles.